The molecule has 0 atom stereocenters. The third kappa shape index (κ3) is 5.79. The minimum Gasteiger partial charge on any atom is -0.423 e. The summed E-state index contributed by atoms with van der Waals surface area (Å²) < 4.78 is 0. The van der Waals surface area contributed by atoms with Crippen LogP contribution in [-0.2, 0) is 9.59 Å². The van der Waals surface area contributed by atoms with Crippen LogP contribution in [0.25, 0.3) is 11.3 Å². The molecular weight excluding hydrogens is 481 g/mol. The van der Waals surface area contributed by atoms with E-state index in [9.17, 15) is 19.6 Å². The predicted molar refractivity (Wildman–Crippen MR) is 151 cm³/mol. The van der Waals surface area contributed by atoms with E-state index < -0.39 is 7.12 Å². The summed E-state index contributed by atoms with van der Waals surface area (Å²) in [5.41, 5.74) is 4.81. The summed E-state index contributed by atoms with van der Waals surface area (Å²) >= 11 is 0. The first-order chi connectivity index (χ1) is 18.4. The average molecular weight is 511 g/mol. The highest BCUT2D eigenvalue weighted by atomic mass is 16.4. The molecule has 5 N–H and O–H groups in total. The van der Waals surface area contributed by atoms with E-state index in [1.165, 1.54) is 0 Å². The molecule has 0 saturated carbocycles. The maximum Gasteiger partial charge on any atom is 0.488 e. The minimum atomic E-state index is -1.63. The van der Waals surface area contributed by atoms with Gasteiger partial charge in [-0.2, -0.15) is 0 Å². The smallest absolute Gasteiger partial charge is 0.423 e. The normalized spacial score (nSPS) is 17.0. The Balaban J connectivity index is 1.37. The van der Waals surface area contributed by atoms with E-state index in [4.69, 9.17) is 0 Å². The number of nitrogens with one attached hydrogen (secondary N) is 3. The van der Waals surface area contributed by atoms with E-state index in [0.29, 0.717) is 40.2 Å². The van der Waals surface area contributed by atoms with Gasteiger partial charge >= 0.3 is 7.12 Å². The number of hydrogen-bond donors (Lipinski definition) is 5. The fourth-order valence-corrected chi connectivity index (χ4v) is 4.67. The SMILES string of the molecule is CN1CCN(CC(=O)Nc2ccc(N/C(=C3\C(=O)Nc4cc(B(O)O)ccc43)c3ccccc3)cc2)CC1. The molecule has 0 radical (unpaired) electrons. The van der Waals surface area contributed by atoms with Gasteiger partial charge in [0, 0.05) is 48.8 Å². The van der Waals surface area contributed by atoms with E-state index in [-0.39, 0.29) is 11.8 Å². The molecule has 0 bridgehead atoms. The van der Waals surface area contributed by atoms with E-state index in [2.05, 4.69) is 32.8 Å². The summed E-state index contributed by atoms with van der Waals surface area (Å²) in [5, 5.41) is 28.2. The molecule has 0 aromatic heterocycles. The molecule has 194 valence electrons. The van der Waals surface area contributed by atoms with E-state index in [0.717, 1.165) is 37.4 Å². The molecule has 5 rings (SSSR count). The molecule has 2 aliphatic rings. The zero-order valence-electron chi connectivity index (χ0n) is 21.1. The van der Waals surface area contributed by atoms with Crippen LogP contribution >= 0.6 is 0 Å². The lowest BCUT2D eigenvalue weighted by molar-refractivity contribution is -0.117. The van der Waals surface area contributed by atoms with Crippen molar-refractivity contribution in [2.75, 3.05) is 55.7 Å². The summed E-state index contributed by atoms with van der Waals surface area (Å²) in [7, 11) is 0.458. The highest BCUT2D eigenvalue weighted by Crippen LogP contribution is 2.37. The number of amides is 2. The van der Waals surface area contributed by atoms with Crippen LogP contribution < -0.4 is 21.4 Å². The third-order valence-electron chi connectivity index (χ3n) is 6.80. The van der Waals surface area contributed by atoms with Crippen LogP contribution in [0.2, 0.25) is 0 Å². The van der Waals surface area contributed by atoms with Crippen LogP contribution in [0, 0.1) is 0 Å². The highest BCUT2D eigenvalue weighted by molar-refractivity contribution is 6.59. The first kappa shape index (κ1) is 25.7. The molecule has 2 amide bonds. The van der Waals surface area contributed by atoms with E-state index in [1.807, 2.05) is 54.6 Å². The Hall–Kier alpha value is -3.96. The molecule has 3 aromatic rings. The van der Waals surface area contributed by atoms with Crippen molar-refractivity contribution in [2.45, 2.75) is 0 Å². The Morgan fingerprint density at radius 3 is 2.24 bits per heavy atom. The number of piperazine rings is 1. The fraction of sp³-hybridized carbons (Fsp3) is 0.214. The lowest BCUT2D eigenvalue weighted by atomic mass is 9.79. The third-order valence-corrected chi connectivity index (χ3v) is 6.80. The molecular formula is C28H30BN5O4. The van der Waals surface area contributed by atoms with Crippen molar-refractivity contribution >= 4 is 52.7 Å². The topological polar surface area (TPSA) is 117 Å². The summed E-state index contributed by atoms with van der Waals surface area (Å²) in [5.74, 6) is -0.335. The van der Waals surface area contributed by atoms with Gasteiger partial charge < -0.3 is 30.9 Å². The van der Waals surface area contributed by atoms with Crippen LogP contribution in [0.15, 0.2) is 72.8 Å². The molecule has 10 heteroatoms. The number of fused-ring (bicyclic) bond motifs is 1. The summed E-state index contributed by atoms with van der Waals surface area (Å²) in [6.45, 7) is 4.03. The number of likely N-dealkylation sites (N-methyl/N-ethyl adjacent to an activating group) is 1. The summed E-state index contributed by atoms with van der Waals surface area (Å²) in [6.07, 6.45) is 0. The number of anilines is 3. The standard InChI is InChI=1S/C28H30BN5O4/c1-33-13-15-34(16-14-33)18-25(35)30-21-8-10-22(11-9-21)31-27(19-5-3-2-4-6-19)26-23-12-7-20(29(37)38)17-24(23)32-28(26)36/h2-12,17,31,37-38H,13-16,18H2,1H3,(H,30,35)(H,32,36)/b27-26-. The van der Waals surface area contributed by atoms with Gasteiger partial charge in [0.25, 0.3) is 5.91 Å². The van der Waals surface area contributed by atoms with Crippen LogP contribution in [0.4, 0.5) is 17.1 Å². The molecule has 0 spiro atoms. The molecule has 2 aliphatic heterocycles. The monoisotopic (exact) mass is 511 g/mol. The van der Waals surface area contributed by atoms with Gasteiger partial charge in [-0.1, -0.05) is 42.5 Å². The molecule has 2 heterocycles. The van der Waals surface area contributed by atoms with Gasteiger partial charge in [0.15, 0.2) is 0 Å². The van der Waals surface area contributed by atoms with Gasteiger partial charge in [0.05, 0.1) is 17.8 Å². The molecule has 3 aromatic carbocycles. The van der Waals surface area contributed by atoms with Crippen molar-refractivity contribution in [3.8, 4) is 0 Å². The fourth-order valence-electron chi connectivity index (χ4n) is 4.67. The number of rotatable bonds is 7. The van der Waals surface area contributed by atoms with Crippen molar-refractivity contribution in [1.29, 1.82) is 0 Å². The summed E-state index contributed by atoms with van der Waals surface area (Å²) in [6, 6.07) is 21.8. The number of nitrogens with zero attached hydrogens (tertiary/aromatic N) is 2. The number of benzene rings is 3. The Morgan fingerprint density at radius 1 is 0.921 bits per heavy atom. The van der Waals surface area contributed by atoms with Crippen molar-refractivity contribution in [3.63, 3.8) is 0 Å². The first-order valence-electron chi connectivity index (χ1n) is 12.6. The van der Waals surface area contributed by atoms with Crippen molar-refractivity contribution in [3.05, 3.63) is 83.9 Å². The van der Waals surface area contributed by atoms with Crippen LogP contribution in [-0.4, -0.2) is 78.6 Å². The Morgan fingerprint density at radius 2 is 1.58 bits per heavy atom. The largest absolute Gasteiger partial charge is 0.488 e. The van der Waals surface area contributed by atoms with E-state index in [1.54, 1.807) is 18.2 Å². The van der Waals surface area contributed by atoms with Gasteiger partial charge in [0.1, 0.15) is 0 Å². The van der Waals surface area contributed by atoms with Crippen molar-refractivity contribution < 1.29 is 19.6 Å². The molecule has 0 aliphatic carbocycles. The van der Waals surface area contributed by atoms with E-state index >= 15 is 0 Å². The number of carbonyl (C=O) groups excluding carboxylic acids is 2. The zero-order chi connectivity index (χ0) is 26.6. The van der Waals surface area contributed by atoms with Gasteiger partial charge in [-0.25, -0.2) is 0 Å². The minimum absolute atomic E-state index is 0.0473. The lowest BCUT2D eigenvalue weighted by Gasteiger charge is -2.31. The quantitative estimate of drug-likeness (QED) is 0.241. The van der Waals surface area contributed by atoms with Crippen molar-refractivity contribution in [1.82, 2.24) is 9.80 Å². The zero-order valence-corrected chi connectivity index (χ0v) is 21.1. The Labute approximate surface area is 221 Å². The second kappa shape index (κ2) is 11.2. The molecule has 1 saturated heterocycles. The molecule has 9 nitrogen and oxygen atoms in total. The number of hydrogen-bond acceptors (Lipinski definition) is 7. The second-order valence-electron chi connectivity index (χ2n) is 9.58. The molecule has 0 unspecified atom stereocenters. The van der Waals surface area contributed by atoms with Crippen molar-refractivity contribution in [2.24, 2.45) is 0 Å². The van der Waals surface area contributed by atoms with Gasteiger partial charge in [0.2, 0.25) is 5.91 Å². The van der Waals surface area contributed by atoms with Gasteiger partial charge in [-0.15, -0.1) is 0 Å². The Kier molecular flexibility index (Phi) is 7.57. The highest BCUT2D eigenvalue weighted by Gasteiger charge is 2.29. The maximum atomic E-state index is 13.1. The lowest BCUT2D eigenvalue weighted by Crippen LogP contribution is -2.47. The average Bonchev–Trinajstić information content (AvgIpc) is 3.24. The van der Waals surface area contributed by atoms with Gasteiger partial charge in [-0.3, -0.25) is 14.5 Å². The van der Waals surface area contributed by atoms with Crippen LogP contribution in [0.3, 0.4) is 0 Å². The predicted octanol–water partition coefficient (Wildman–Crippen LogP) is 1.48. The number of carbonyl (C=O) groups is 2. The van der Waals surface area contributed by atoms with Crippen LogP contribution in [0.5, 0.6) is 0 Å². The maximum absolute atomic E-state index is 13.1. The first-order valence-corrected chi connectivity index (χ1v) is 12.6. The summed E-state index contributed by atoms with van der Waals surface area (Å²) in [4.78, 5) is 30.0. The second-order valence-corrected chi connectivity index (χ2v) is 9.58. The molecule has 38 heavy (non-hydrogen) atoms. The van der Waals surface area contributed by atoms with Gasteiger partial charge in [-0.05, 0) is 48.4 Å². The Bertz CT molecular complexity index is 1350. The van der Waals surface area contributed by atoms with Crippen LogP contribution in [0.1, 0.15) is 11.1 Å². The molecule has 1 fully saturated rings.